The third-order valence-electron chi connectivity index (χ3n) is 4.67. The predicted molar refractivity (Wildman–Crippen MR) is 126 cm³/mol. The molecule has 1 unspecified atom stereocenters. The molecule has 0 fully saturated rings. The number of carbonyl (C=O) groups is 2. The third-order valence-corrected chi connectivity index (χ3v) is 5.30. The minimum Gasteiger partial charge on any atom is -0.480 e. The van der Waals surface area contributed by atoms with Crippen molar-refractivity contribution < 1.29 is 14.7 Å². The number of carbonyl (C=O) groups excluding carboxylic acids is 1. The molecule has 1 atom stereocenters. The molecule has 1 amide bonds. The number of carboxylic acid groups (broad SMARTS) is 1. The number of nitrogens with one attached hydrogen (secondary N) is 1. The number of anilines is 2. The lowest BCUT2D eigenvalue weighted by Crippen LogP contribution is -2.40. The van der Waals surface area contributed by atoms with Gasteiger partial charge in [0.15, 0.2) is 0 Å². The van der Waals surface area contributed by atoms with Crippen molar-refractivity contribution in [1.29, 1.82) is 0 Å². The standard InChI is InChI=1S/C23H20Cl2N4O3/c1-29(20-12-13-26-14-27-20)16-10-8-15(9-11-16)4-2-7-19(23(31)32)28-22(30)21-17(24)5-3-6-18(21)25/h2-6,8-14,19H,7H2,1H3,(H,28,30)(H,31,32)/b4-2+. The van der Waals surface area contributed by atoms with Crippen molar-refractivity contribution in [2.24, 2.45) is 0 Å². The molecule has 0 spiro atoms. The van der Waals surface area contributed by atoms with E-state index in [2.05, 4.69) is 15.3 Å². The Hall–Kier alpha value is -3.42. The van der Waals surface area contributed by atoms with Crippen LogP contribution in [-0.2, 0) is 4.79 Å². The number of hydrogen-bond donors (Lipinski definition) is 2. The first-order chi connectivity index (χ1) is 15.4. The summed E-state index contributed by atoms with van der Waals surface area (Å²) < 4.78 is 0. The minimum absolute atomic E-state index is 0.0504. The highest BCUT2D eigenvalue weighted by molar-refractivity contribution is 6.39. The SMILES string of the molecule is CN(c1ccc(/C=C/CC(NC(=O)c2c(Cl)cccc2Cl)C(=O)O)cc1)c1ccncn1. The van der Waals surface area contributed by atoms with Crippen LogP contribution in [0.25, 0.3) is 6.08 Å². The summed E-state index contributed by atoms with van der Waals surface area (Å²) in [7, 11) is 1.90. The zero-order valence-electron chi connectivity index (χ0n) is 17.1. The van der Waals surface area contributed by atoms with Gasteiger partial charge in [0.05, 0.1) is 15.6 Å². The first kappa shape index (κ1) is 23.2. The molecule has 164 valence electrons. The number of aromatic nitrogens is 2. The number of amides is 1. The van der Waals surface area contributed by atoms with Crippen LogP contribution in [0.15, 0.2) is 67.1 Å². The number of rotatable bonds is 8. The van der Waals surface area contributed by atoms with Gasteiger partial charge in [0.1, 0.15) is 18.2 Å². The second kappa shape index (κ2) is 10.7. The van der Waals surface area contributed by atoms with Gasteiger partial charge in [-0.3, -0.25) is 4.79 Å². The van der Waals surface area contributed by atoms with Gasteiger partial charge in [0.2, 0.25) is 0 Å². The van der Waals surface area contributed by atoms with E-state index in [1.54, 1.807) is 24.4 Å². The summed E-state index contributed by atoms with van der Waals surface area (Å²) >= 11 is 12.1. The Morgan fingerprint density at radius 2 is 1.81 bits per heavy atom. The largest absolute Gasteiger partial charge is 0.480 e. The summed E-state index contributed by atoms with van der Waals surface area (Å²) in [6.07, 6.45) is 6.73. The van der Waals surface area contributed by atoms with Crippen LogP contribution in [0.1, 0.15) is 22.3 Å². The zero-order chi connectivity index (χ0) is 23.1. The van der Waals surface area contributed by atoms with E-state index in [4.69, 9.17) is 23.2 Å². The summed E-state index contributed by atoms with van der Waals surface area (Å²) in [6, 6.07) is 13.0. The Morgan fingerprint density at radius 3 is 2.41 bits per heavy atom. The number of benzene rings is 2. The van der Waals surface area contributed by atoms with E-state index in [1.807, 2.05) is 42.3 Å². The lowest BCUT2D eigenvalue weighted by Gasteiger charge is -2.17. The molecule has 0 saturated carbocycles. The van der Waals surface area contributed by atoms with Gasteiger partial charge in [-0.05, 0) is 42.3 Å². The average Bonchev–Trinajstić information content (AvgIpc) is 2.78. The molecule has 1 aromatic heterocycles. The quantitative estimate of drug-likeness (QED) is 0.488. The fourth-order valence-electron chi connectivity index (χ4n) is 2.93. The van der Waals surface area contributed by atoms with Crippen molar-refractivity contribution in [2.75, 3.05) is 11.9 Å². The molecule has 7 nitrogen and oxygen atoms in total. The van der Waals surface area contributed by atoms with E-state index >= 15 is 0 Å². The van der Waals surface area contributed by atoms with Gasteiger partial charge in [-0.15, -0.1) is 0 Å². The summed E-state index contributed by atoms with van der Waals surface area (Å²) in [6.45, 7) is 0. The molecule has 1 heterocycles. The first-order valence-electron chi connectivity index (χ1n) is 9.61. The topological polar surface area (TPSA) is 95.4 Å². The molecular weight excluding hydrogens is 451 g/mol. The van der Waals surface area contributed by atoms with Crippen molar-refractivity contribution in [3.05, 3.63) is 88.3 Å². The molecular formula is C23H20Cl2N4O3. The monoisotopic (exact) mass is 470 g/mol. The molecule has 3 aromatic rings. The normalized spacial score (nSPS) is 11.8. The van der Waals surface area contributed by atoms with Gasteiger partial charge in [-0.2, -0.15) is 0 Å². The first-order valence-corrected chi connectivity index (χ1v) is 10.4. The maximum Gasteiger partial charge on any atom is 0.326 e. The molecule has 0 radical (unpaired) electrons. The lowest BCUT2D eigenvalue weighted by molar-refractivity contribution is -0.139. The van der Waals surface area contributed by atoms with Crippen molar-refractivity contribution in [3.8, 4) is 0 Å². The van der Waals surface area contributed by atoms with Crippen molar-refractivity contribution in [1.82, 2.24) is 15.3 Å². The molecule has 0 saturated heterocycles. The molecule has 0 aliphatic rings. The number of nitrogens with zero attached hydrogens (tertiary/aromatic N) is 3. The summed E-state index contributed by atoms with van der Waals surface area (Å²) in [5.74, 6) is -1.03. The van der Waals surface area contributed by atoms with E-state index in [0.717, 1.165) is 17.1 Å². The van der Waals surface area contributed by atoms with Crippen LogP contribution < -0.4 is 10.2 Å². The van der Waals surface area contributed by atoms with E-state index in [-0.39, 0.29) is 22.0 Å². The maximum absolute atomic E-state index is 12.5. The zero-order valence-corrected chi connectivity index (χ0v) is 18.6. The smallest absolute Gasteiger partial charge is 0.326 e. The predicted octanol–water partition coefficient (Wildman–Crippen LogP) is 4.84. The van der Waals surface area contributed by atoms with Crippen molar-refractivity contribution in [2.45, 2.75) is 12.5 Å². The van der Waals surface area contributed by atoms with Gasteiger partial charge in [0.25, 0.3) is 5.91 Å². The molecule has 2 aromatic carbocycles. The van der Waals surface area contributed by atoms with Gasteiger partial charge < -0.3 is 15.3 Å². The fourth-order valence-corrected chi connectivity index (χ4v) is 3.50. The highest BCUT2D eigenvalue weighted by atomic mass is 35.5. The van der Waals surface area contributed by atoms with Crippen LogP contribution in [0, 0.1) is 0 Å². The number of hydrogen-bond acceptors (Lipinski definition) is 5. The van der Waals surface area contributed by atoms with E-state index < -0.39 is 17.9 Å². The van der Waals surface area contributed by atoms with Gasteiger partial charge in [-0.25, -0.2) is 14.8 Å². The van der Waals surface area contributed by atoms with Crippen LogP contribution in [-0.4, -0.2) is 40.0 Å². The van der Waals surface area contributed by atoms with E-state index in [0.29, 0.717) is 0 Å². The second-order valence-corrected chi connectivity index (χ2v) is 7.63. The van der Waals surface area contributed by atoms with Crippen LogP contribution in [0.2, 0.25) is 10.0 Å². The van der Waals surface area contributed by atoms with Crippen molar-refractivity contribution >= 4 is 52.7 Å². The van der Waals surface area contributed by atoms with E-state index in [9.17, 15) is 14.7 Å². The molecule has 0 aliphatic heterocycles. The second-order valence-electron chi connectivity index (χ2n) is 6.82. The third kappa shape index (κ3) is 5.84. The van der Waals surface area contributed by atoms with E-state index in [1.165, 1.54) is 18.5 Å². The number of aliphatic carboxylic acids is 1. The molecule has 9 heteroatoms. The van der Waals surface area contributed by atoms with Gasteiger partial charge in [0, 0.05) is 18.9 Å². The van der Waals surface area contributed by atoms with Crippen LogP contribution in [0.3, 0.4) is 0 Å². The highest BCUT2D eigenvalue weighted by Gasteiger charge is 2.22. The Labute approximate surface area is 195 Å². The summed E-state index contributed by atoms with van der Waals surface area (Å²) in [4.78, 5) is 34.1. The molecule has 3 rings (SSSR count). The average molecular weight is 471 g/mol. The van der Waals surface area contributed by atoms with Crippen molar-refractivity contribution in [3.63, 3.8) is 0 Å². The Bertz CT molecular complexity index is 1100. The Morgan fingerprint density at radius 1 is 1.12 bits per heavy atom. The molecule has 2 N–H and O–H groups in total. The highest BCUT2D eigenvalue weighted by Crippen LogP contribution is 2.24. The maximum atomic E-state index is 12.5. The fraction of sp³-hybridized carbons (Fsp3) is 0.130. The van der Waals surface area contributed by atoms with Crippen LogP contribution in [0.4, 0.5) is 11.5 Å². The summed E-state index contributed by atoms with van der Waals surface area (Å²) in [5, 5.41) is 12.3. The lowest BCUT2D eigenvalue weighted by atomic mass is 10.1. The number of halogens is 2. The summed E-state index contributed by atoms with van der Waals surface area (Å²) in [5.41, 5.74) is 1.87. The molecule has 0 aliphatic carbocycles. The Kier molecular flexibility index (Phi) is 7.81. The van der Waals surface area contributed by atoms with Gasteiger partial charge >= 0.3 is 5.97 Å². The van der Waals surface area contributed by atoms with Crippen LogP contribution >= 0.6 is 23.2 Å². The Balaban J connectivity index is 1.64. The molecule has 0 bridgehead atoms. The number of carboxylic acids is 1. The molecule has 32 heavy (non-hydrogen) atoms. The minimum atomic E-state index is -1.16. The van der Waals surface area contributed by atoms with Gasteiger partial charge in [-0.1, -0.05) is 53.6 Å². The van der Waals surface area contributed by atoms with Crippen LogP contribution in [0.5, 0.6) is 0 Å².